The molecule has 2 unspecified atom stereocenters. The molecule has 1 saturated heterocycles. The molecule has 1 saturated carbocycles. The third kappa shape index (κ3) is 5.58. The van der Waals surface area contributed by atoms with E-state index in [0.717, 1.165) is 51.3 Å². The highest BCUT2D eigenvalue weighted by atomic mass is 19.1. The van der Waals surface area contributed by atoms with E-state index < -0.39 is 12.0 Å². The van der Waals surface area contributed by atoms with Crippen molar-refractivity contribution in [2.45, 2.75) is 38.8 Å². The van der Waals surface area contributed by atoms with Crippen molar-refractivity contribution in [3.05, 3.63) is 60.1 Å². The van der Waals surface area contributed by atoms with Crippen LogP contribution in [0.4, 0.5) is 20.2 Å². The number of nitrogens with two attached hydrogens (primary N) is 1. The lowest BCUT2D eigenvalue weighted by atomic mass is 9.80. The highest BCUT2D eigenvalue weighted by Crippen LogP contribution is 2.52. The number of alkyl halides is 1. The van der Waals surface area contributed by atoms with Gasteiger partial charge in [-0.1, -0.05) is 31.7 Å². The van der Waals surface area contributed by atoms with Crippen molar-refractivity contribution in [2.24, 2.45) is 10.8 Å². The molecule has 1 aromatic carbocycles. The number of nitrogen functional groups attached to an aromatic ring is 1. The number of nitrogens with zero attached hydrogens (tertiary/aromatic N) is 2. The fourth-order valence-corrected chi connectivity index (χ4v) is 4.81. The molecule has 2 aliphatic carbocycles. The summed E-state index contributed by atoms with van der Waals surface area (Å²) < 4.78 is 28.2. The second-order valence-corrected chi connectivity index (χ2v) is 10.5. The molecule has 3 aliphatic rings. The zero-order chi connectivity index (χ0) is 24.5. The first-order chi connectivity index (χ1) is 16.1. The molecule has 184 valence electrons. The molecule has 0 radical (unpaired) electrons. The number of likely N-dealkylation sites (N-methyl/N-ethyl adjacent to an activating group) is 1. The summed E-state index contributed by atoms with van der Waals surface area (Å²) in [5.74, 6) is -0.453. The second kappa shape index (κ2) is 9.62. The van der Waals surface area contributed by atoms with Crippen LogP contribution >= 0.6 is 0 Å². The van der Waals surface area contributed by atoms with Gasteiger partial charge in [0.1, 0.15) is 12.0 Å². The van der Waals surface area contributed by atoms with Gasteiger partial charge in [0.2, 0.25) is 0 Å². The number of allylic oxidation sites excluding steroid dienone is 4. The summed E-state index contributed by atoms with van der Waals surface area (Å²) in [4.78, 5) is 4.80. The van der Waals surface area contributed by atoms with E-state index >= 15 is 0 Å². The van der Waals surface area contributed by atoms with Crippen LogP contribution in [0.3, 0.4) is 0 Å². The molecule has 34 heavy (non-hydrogen) atoms. The fraction of sp³-hybridized carbons (Fsp3) is 0.519. The second-order valence-electron chi connectivity index (χ2n) is 10.5. The molecule has 1 aliphatic heterocycles. The number of rotatable bonds is 8. The average molecular weight is 470 g/mol. The standard InChI is InChI=1S/C27H37F2N5/c1-19(27(10-11-27)18-34-14-12-33(3)13-15-34)32-25-16-21(24(31)17-22(25)29)23(30)6-9-26(2)7-4-20(28)5-8-26/h4,6-7,9,16-17,20,30,32H,1,5,8,10-15,18,31H2,2-3H3/b9-6+,30-23?. The SMILES string of the molecule is C=C(Nc1cc(C(=N)/C=C/C2(C)C=CC(F)CC2)c(N)cc1F)C1(CN2CCN(C)CC2)CC1. The van der Waals surface area contributed by atoms with Gasteiger partial charge in [-0.3, -0.25) is 4.90 Å². The molecule has 7 heteroatoms. The van der Waals surface area contributed by atoms with E-state index in [2.05, 4.69) is 28.7 Å². The molecular weight excluding hydrogens is 432 g/mol. The maximum Gasteiger partial charge on any atom is 0.148 e. The number of nitrogens with one attached hydrogen (secondary N) is 2. The Labute approximate surface area is 201 Å². The minimum Gasteiger partial charge on any atom is -0.398 e. The Morgan fingerprint density at radius 2 is 1.97 bits per heavy atom. The highest BCUT2D eigenvalue weighted by Gasteiger charge is 2.47. The highest BCUT2D eigenvalue weighted by molar-refractivity contribution is 6.10. The summed E-state index contributed by atoms with van der Waals surface area (Å²) in [6.07, 6.45) is 9.34. The lowest BCUT2D eigenvalue weighted by Crippen LogP contribution is -2.46. The van der Waals surface area contributed by atoms with Crippen LogP contribution in [-0.4, -0.2) is 61.5 Å². The number of benzene rings is 1. The van der Waals surface area contributed by atoms with Crippen LogP contribution in [0.25, 0.3) is 0 Å². The first kappa shape index (κ1) is 24.6. The smallest absolute Gasteiger partial charge is 0.148 e. The summed E-state index contributed by atoms with van der Waals surface area (Å²) >= 11 is 0. The Morgan fingerprint density at radius 1 is 1.26 bits per heavy atom. The normalized spacial score (nSPS) is 27.1. The Balaban J connectivity index is 1.45. The fourth-order valence-electron chi connectivity index (χ4n) is 4.81. The quantitative estimate of drug-likeness (QED) is 0.285. The van der Waals surface area contributed by atoms with Crippen LogP contribution in [-0.2, 0) is 0 Å². The van der Waals surface area contributed by atoms with Crippen molar-refractivity contribution >= 4 is 17.1 Å². The summed E-state index contributed by atoms with van der Waals surface area (Å²) in [6, 6.07) is 2.87. The van der Waals surface area contributed by atoms with Gasteiger partial charge >= 0.3 is 0 Å². The van der Waals surface area contributed by atoms with E-state index in [-0.39, 0.29) is 22.2 Å². The third-order valence-corrected chi connectivity index (χ3v) is 7.61. The zero-order valence-electron chi connectivity index (χ0n) is 20.3. The topological polar surface area (TPSA) is 68.4 Å². The van der Waals surface area contributed by atoms with Gasteiger partial charge in [-0.05, 0) is 50.9 Å². The maximum atomic E-state index is 14.8. The lowest BCUT2D eigenvalue weighted by Gasteiger charge is -2.35. The molecule has 0 spiro atoms. The van der Waals surface area contributed by atoms with Gasteiger partial charge in [0, 0.05) is 60.5 Å². The molecule has 4 N–H and O–H groups in total. The monoisotopic (exact) mass is 469 g/mol. The van der Waals surface area contributed by atoms with Crippen LogP contribution in [0, 0.1) is 22.1 Å². The van der Waals surface area contributed by atoms with E-state index in [1.807, 2.05) is 19.1 Å². The summed E-state index contributed by atoms with van der Waals surface area (Å²) in [6.45, 7) is 11.4. The van der Waals surface area contributed by atoms with E-state index in [1.54, 1.807) is 18.2 Å². The Morgan fingerprint density at radius 3 is 2.59 bits per heavy atom. The molecular formula is C27H37F2N5. The zero-order valence-corrected chi connectivity index (χ0v) is 20.3. The van der Waals surface area contributed by atoms with Gasteiger partial charge in [-0.2, -0.15) is 0 Å². The molecule has 2 fully saturated rings. The predicted octanol–water partition coefficient (Wildman–Crippen LogP) is 4.98. The van der Waals surface area contributed by atoms with Crippen molar-refractivity contribution in [2.75, 3.05) is 50.8 Å². The van der Waals surface area contributed by atoms with Crippen molar-refractivity contribution in [3.8, 4) is 0 Å². The van der Waals surface area contributed by atoms with Crippen LogP contribution in [0.1, 0.15) is 38.2 Å². The van der Waals surface area contributed by atoms with Gasteiger partial charge < -0.3 is 21.4 Å². The van der Waals surface area contributed by atoms with Gasteiger partial charge in [-0.25, -0.2) is 8.78 Å². The first-order valence-corrected chi connectivity index (χ1v) is 12.2. The molecule has 0 aromatic heterocycles. The van der Waals surface area contributed by atoms with E-state index in [1.165, 1.54) is 6.07 Å². The number of anilines is 2. The number of hydrogen-bond acceptors (Lipinski definition) is 5. The molecule has 2 atom stereocenters. The van der Waals surface area contributed by atoms with E-state index in [0.29, 0.717) is 24.1 Å². The first-order valence-electron chi connectivity index (χ1n) is 12.2. The molecule has 0 amide bonds. The summed E-state index contributed by atoms with van der Waals surface area (Å²) in [5, 5.41) is 11.8. The van der Waals surface area contributed by atoms with E-state index in [9.17, 15) is 8.78 Å². The molecule has 1 heterocycles. The lowest BCUT2D eigenvalue weighted by molar-refractivity contribution is 0.137. The molecule has 5 nitrogen and oxygen atoms in total. The van der Waals surface area contributed by atoms with Crippen LogP contribution in [0.5, 0.6) is 0 Å². The van der Waals surface area contributed by atoms with Crippen molar-refractivity contribution in [1.82, 2.24) is 9.80 Å². The number of halogens is 2. The Bertz CT molecular complexity index is 1000. The maximum absolute atomic E-state index is 14.8. The summed E-state index contributed by atoms with van der Waals surface area (Å²) in [7, 11) is 2.14. The number of piperazine rings is 1. The third-order valence-electron chi connectivity index (χ3n) is 7.61. The van der Waals surface area contributed by atoms with Gasteiger partial charge in [0.05, 0.1) is 11.4 Å². The average Bonchev–Trinajstić information content (AvgIpc) is 3.58. The molecule has 1 aromatic rings. The predicted molar refractivity (Wildman–Crippen MR) is 137 cm³/mol. The molecule has 0 bridgehead atoms. The van der Waals surface area contributed by atoms with Gasteiger partial charge in [0.15, 0.2) is 0 Å². The Kier molecular flexibility index (Phi) is 6.97. The van der Waals surface area contributed by atoms with Crippen LogP contribution in [0.15, 0.2) is 48.7 Å². The van der Waals surface area contributed by atoms with Crippen LogP contribution in [0.2, 0.25) is 0 Å². The molecule has 4 rings (SSSR count). The number of hydrogen-bond donors (Lipinski definition) is 3. The van der Waals surface area contributed by atoms with Gasteiger partial charge in [0.25, 0.3) is 0 Å². The van der Waals surface area contributed by atoms with Crippen molar-refractivity contribution < 1.29 is 8.78 Å². The Hall–Kier alpha value is -2.51. The summed E-state index contributed by atoms with van der Waals surface area (Å²) in [5.41, 5.74) is 7.73. The largest absolute Gasteiger partial charge is 0.398 e. The minimum atomic E-state index is -0.901. The van der Waals surface area contributed by atoms with Gasteiger partial charge in [-0.15, -0.1) is 0 Å². The van der Waals surface area contributed by atoms with Crippen molar-refractivity contribution in [3.63, 3.8) is 0 Å². The van der Waals surface area contributed by atoms with Crippen LogP contribution < -0.4 is 11.1 Å². The minimum absolute atomic E-state index is 0.0342. The van der Waals surface area contributed by atoms with E-state index in [4.69, 9.17) is 11.1 Å². The van der Waals surface area contributed by atoms with Crippen molar-refractivity contribution in [1.29, 1.82) is 5.41 Å².